The molecule has 0 bridgehead atoms. The van der Waals surface area contributed by atoms with E-state index in [-0.39, 0.29) is 17.7 Å². The summed E-state index contributed by atoms with van der Waals surface area (Å²) in [6.07, 6.45) is 0.425. The van der Waals surface area contributed by atoms with Gasteiger partial charge in [-0.1, -0.05) is 0 Å². The third kappa shape index (κ3) is 3.29. The summed E-state index contributed by atoms with van der Waals surface area (Å²) in [5, 5.41) is 10.9. The number of esters is 1. The first kappa shape index (κ1) is 15.2. The predicted molar refractivity (Wildman–Crippen MR) is 73.7 cm³/mol. The van der Waals surface area contributed by atoms with Crippen LogP contribution < -0.4 is 15.6 Å². The molecular formula is C13H17N3O5. The lowest BCUT2D eigenvalue weighted by molar-refractivity contribution is -0.385. The van der Waals surface area contributed by atoms with Crippen molar-refractivity contribution >= 4 is 11.7 Å². The number of nitro groups is 1. The molecule has 0 aliphatic carbocycles. The van der Waals surface area contributed by atoms with Crippen molar-refractivity contribution < 1.29 is 19.2 Å². The second-order valence-electron chi connectivity index (χ2n) is 4.56. The van der Waals surface area contributed by atoms with Crippen LogP contribution in [0.3, 0.4) is 0 Å². The molecule has 1 fully saturated rings. The summed E-state index contributed by atoms with van der Waals surface area (Å²) in [4.78, 5) is 22.0. The first-order valence-electron chi connectivity index (χ1n) is 6.56. The van der Waals surface area contributed by atoms with E-state index in [4.69, 9.17) is 4.74 Å². The average molecular weight is 295 g/mol. The smallest absolute Gasteiger partial charge is 0.324 e. The van der Waals surface area contributed by atoms with Gasteiger partial charge in [0, 0.05) is 17.7 Å². The number of hydrogen-bond acceptors (Lipinski definition) is 7. The normalized spacial score (nSPS) is 21.0. The SMILES string of the molecule is CCOc1ccc([N+](=O)[O-])cc1C1CC(C(=O)OC)NN1. The maximum absolute atomic E-state index is 11.5. The molecule has 2 N–H and O–H groups in total. The average Bonchev–Trinajstić information content (AvgIpc) is 2.96. The van der Waals surface area contributed by atoms with Crippen LogP contribution in [-0.4, -0.2) is 30.7 Å². The molecule has 21 heavy (non-hydrogen) atoms. The topological polar surface area (TPSA) is 103 Å². The number of carbonyl (C=O) groups is 1. The molecule has 0 aromatic heterocycles. The molecule has 1 aromatic carbocycles. The summed E-state index contributed by atoms with van der Waals surface area (Å²) in [5.41, 5.74) is 6.40. The molecule has 8 heteroatoms. The van der Waals surface area contributed by atoms with Gasteiger partial charge in [-0.05, 0) is 19.4 Å². The lowest BCUT2D eigenvalue weighted by Crippen LogP contribution is -2.36. The number of ether oxygens (including phenoxy) is 2. The maximum atomic E-state index is 11.5. The molecule has 1 aliphatic rings. The van der Waals surface area contributed by atoms with Gasteiger partial charge in [0.2, 0.25) is 0 Å². The first-order valence-corrected chi connectivity index (χ1v) is 6.56. The minimum Gasteiger partial charge on any atom is -0.494 e. The van der Waals surface area contributed by atoms with E-state index in [0.717, 1.165) is 0 Å². The molecule has 1 aromatic rings. The molecule has 0 saturated carbocycles. The Balaban J connectivity index is 2.26. The van der Waals surface area contributed by atoms with Crippen molar-refractivity contribution in [3.63, 3.8) is 0 Å². The van der Waals surface area contributed by atoms with Crippen molar-refractivity contribution in [3.05, 3.63) is 33.9 Å². The van der Waals surface area contributed by atoms with Gasteiger partial charge in [-0.25, -0.2) is 10.9 Å². The Morgan fingerprint density at radius 2 is 2.24 bits per heavy atom. The molecule has 2 unspecified atom stereocenters. The second-order valence-corrected chi connectivity index (χ2v) is 4.56. The van der Waals surface area contributed by atoms with Crippen molar-refractivity contribution in [2.45, 2.75) is 25.4 Å². The van der Waals surface area contributed by atoms with Crippen LogP contribution in [0.4, 0.5) is 5.69 Å². The number of hydrazine groups is 1. The number of carbonyl (C=O) groups excluding carboxylic acids is 1. The highest BCUT2D eigenvalue weighted by molar-refractivity contribution is 5.76. The quantitative estimate of drug-likeness (QED) is 0.476. The molecule has 2 rings (SSSR count). The fourth-order valence-electron chi connectivity index (χ4n) is 2.27. The molecule has 1 heterocycles. The Kier molecular flexibility index (Phi) is 4.71. The molecular weight excluding hydrogens is 278 g/mol. The van der Waals surface area contributed by atoms with Crippen LogP contribution in [0.25, 0.3) is 0 Å². The Labute approximate surface area is 121 Å². The van der Waals surface area contributed by atoms with Gasteiger partial charge in [0.05, 0.1) is 24.7 Å². The Morgan fingerprint density at radius 1 is 1.48 bits per heavy atom. The highest BCUT2D eigenvalue weighted by Gasteiger charge is 2.33. The van der Waals surface area contributed by atoms with Crippen LogP contribution >= 0.6 is 0 Å². The maximum Gasteiger partial charge on any atom is 0.324 e. The van der Waals surface area contributed by atoms with E-state index in [1.807, 2.05) is 6.92 Å². The summed E-state index contributed by atoms with van der Waals surface area (Å²) >= 11 is 0. The van der Waals surface area contributed by atoms with Crippen LogP contribution in [0.5, 0.6) is 5.75 Å². The number of nitro benzene ring substituents is 1. The fraction of sp³-hybridized carbons (Fsp3) is 0.462. The van der Waals surface area contributed by atoms with Crippen molar-refractivity contribution in [3.8, 4) is 5.75 Å². The second kappa shape index (κ2) is 6.51. The van der Waals surface area contributed by atoms with Crippen molar-refractivity contribution in [2.75, 3.05) is 13.7 Å². The zero-order chi connectivity index (χ0) is 15.4. The summed E-state index contributed by atoms with van der Waals surface area (Å²) in [7, 11) is 1.32. The third-order valence-corrected chi connectivity index (χ3v) is 3.27. The number of non-ortho nitro benzene ring substituents is 1. The van der Waals surface area contributed by atoms with E-state index in [1.165, 1.54) is 19.2 Å². The number of methoxy groups -OCH3 is 1. The minimum absolute atomic E-state index is 0.0169. The minimum atomic E-state index is -0.492. The van der Waals surface area contributed by atoms with Gasteiger partial charge < -0.3 is 9.47 Å². The summed E-state index contributed by atoms with van der Waals surface area (Å²) < 4.78 is 10.2. The Hall–Kier alpha value is -2.19. The molecule has 2 atom stereocenters. The summed E-state index contributed by atoms with van der Waals surface area (Å²) in [6.45, 7) is 2.29. The van der Waals surface area contributed by atoms with Crippen LogP contribution in [0.2, 0.25) is 0 Å². The van der Waals surface area contributed by atoms with E-state index in [2.05, 4.69) is 15.6 Å². The summed E-state index contributed by atoms with van der Waals surface area (Å²) in [5.74, 6) is 0.182. The number of nitrogens with one attached hydrogen (secondary N) is 2. The monoisotopic (exact) mass is 295 g/mol. The number of benzene rings is 1. The third-order valence-electron chi connectivity index (χ3n) is 3.27. The molecule has 114 valence electrons. The van der Waals surface area contributed by atoms with Crippen molar-refractivity contribution in [1.82, 2.24) is 10.9 Å². The summed E-state index contributed by atoms with van der Waals surface area (Å²) in [6, 6.07) is 3.67. The van der Waals surface area contributed by atoms with Gasteiger partial charge in [-0.3, -0.25) is 14.9 Å². The Morgan fingerprint density at radius 3 is 2.86 bits per heavy atom. The first-order chi connectivity index (χ1) is 10.1. The molecule has 0 radical (unpaired) electrons. The predicted octanol–water partition coefficient (Wildman–Crippen LogP) is 1.07. The van der Waals surface area contributed by atoms with E-state index in [0.29, 0.717) is 24.3 Å². The Bertz CT molecular complexity index is 549. The molecule has 1 saturated heterocycles. The zero-order valence-corrected chi connectivity index (χ0v) is 11.8. The van der Waals surface area contributed by atoms with Gasteiger partial charge in [-0.15, -0.1) is 0 Å². The van der Waals surface area contributed by atoms with Crippen LogP contribution in [0.15, 0.2) is 18.2 Å². The highest BCUT2D eigenvalue weighted by Crippen LogP contribution is 2.33. The number of hydrogen-bond donors (Lipinski definition) is 2. The van der Waals surface area contributed by atoms with E-state index in [9.17, 15) is 14.9 Å². The zero-order valence-electron chi connectivity index (χ0n) is 11.8. The van der Waals surface area contributed by atoms with Crippen molar-refractivity contribution in [1.29, 1.82) is 0 Å². The van der Waals surface area contributed by atoms with E-state index < -0.39 is 11.0 Å². The lowest BCUT2D eigenvalue weighted by atomic mass is 10.0. The standard InChI is InChI=1S/C13H17N3O5/c1-3-21-12-5-4-8(16(18)19)6-9(12)10-7-11(15-14-10)13(17)20-2/h4-6,10-11,14-15H,3,7H2,1-2H3. The van der Waals surface area contributed by atoms with E-state index in [1.54, 1.807) is 6.07 Å². The largest absolute Gasteiger partial charge is 0.494 e. The van der Waals surface area contributed by atoms with Gasteiger partial charge >= 0.3 is 5.97 Å². The molecule has 0 spiro atoms. The van der Waals surface area contributed by atoms with E-state index >= 15 is 0 Å². The van der Waals surface area contributed by atoms with Gasteiger partial charge in [0.25, 0.3) is 5.69 Å². The van der Waals surface area contributed by atoms with Gasteiger partial charge in [0.15, 0.2) is 0 Å². The fourth-order valence-corrected chi connectivity index (χ4v) is 2.27. The molecule has 8 nitrogen and oxygen atoms in total. The molecule has 1 aliphatic heterocycles. The highest BCUT2D eigenvalue weighted by atomic mass is 16.6. The van der Waals surface area contributed by atoms with Crippen LogP contribution in [0.1, 0.15) is 24.9 Å². The van der Waals surface area contributed by atoms with Crippen LogP contribution in [0, 0.1) is 10.1 Å². The van der Waals surface area contributed by atoms with Gasteiger partial charge in [-0.2, -0.15) is 0 Å². The van der Waals surface area contributed by atoms with Gasteiger partial charge in [0.1, 0.15) is 11.8 Å². The van der Waals surface area contributed by atoms with Crippen molar-refractivity contribution in [2.24, 2.45) is 0 Å². The number of nitrogens with zero attached hydrogens (tertiary/aromatic N) is 1. The lowest BCUT2D eigenvalue weighted by Gasteiger charge is -2.15. The molecule has 0 amide bonds. The van der Waals surface area contributed by atoms with Crippen LogP contribution in [-0.2, 0) is 9.53 Å². The number of rotatable bonds is 5.